The number of aliphatic carboxylic acids is 1. The molecule has 0 fully saturated rings. The number of hydrogen-bond acceptors (Lipinski definition) is 5. The summed E-state index contributed by atoms with van der Waals surface area (Å²) in [5.74, 6) is -2.42. The van der Waals surface area contributed by atoms with Crippen LogP contribution in [0.1, 0.15) is 26.5 Å². The first-order chi connectivity index (χ1) is 10.1. The van der Waals surface area contributed by atoms with E-state index in [2.05, 4.69) is 10.2 Å². The van der Waals surface area contributed by atoms with Crippen molar-refractivity contribution in [3.05, 3.63) is 30.0 Å². The fourth-order valence-electron chi connectivity index (χ4n) is 2.03. The van der Waals surface area contributed by atoms with E-state index in [1.165, 1.54) is 0 Å². The number of hydrogen-bond donors (Lipinski definition) is 3. The molecule has 4 N–H and O–H groups in total. The lowest BCUT2D eigenvalue weighted by Gasteiger charge is -2.27. The maximum Gasteiger partial charge on any atom is 0.338 e. The fraction of sp³-hybridized carbons (Fsp3) is 0.400. The number of carboxylic acid groups (broad SMARTS) is 1. The lowest BCUT2D eigenvalue weighted by molar-refractivity contribution is -0.169. The summed E-state index contributed by atoms with van der Waals surface area (Å²) in [6.45, 7) is 4.95. The third-order valence-electron chi connectivity index (χ3n) is 3.14. The van der Waals surface area contributed by atoms with Crippen LogP contribution in [0.15, 0.2) is 24.3 Å². The first kappa shape index (κ1) is 16.0. The highest BCUT2D eigenvalue weighted by molar-refractivity contribution is 6.04. The van der Waals surface area contributed by atoms with E-state index in [0.29, 0.717) is 11.2 Å². The van der Waals surface area contributed by atoms with E-state index in [-0.39, 0.29) is 6.42 Å². The van der Waals surface area contributed by atoms with Gasteiger partial charge in [0.15, 0.2) is 0 Å². The number of nitrogens with zero attached hydrogens (tertiary/aromatic N) is 1. The monoisotopic (exact) mass is 305 g/mol. The van der Waals surface area contributed by atoms with Gasteiger partial charge in [-0.1, -0.05) is 18.2 Å². The molecule has 2 rings (SSSR count). The Labute approximate surface area is 127 Å². The molecule has 0 aliphatic carbocycles. The van der Waals surface area contributed by atoms with Gasteiger partial charge in [-0.2, -0.15) is 5.10 Å². The summed E-state index contributed by atoms with van der Waals surface area (Å²) >= 11 is 0. The molecule has 118 valence electrons. The summed E-state index contributed by atoms with van der Waals surface area (Å²) < 4.78 is 5.15. The summed E-state index contributed by atoms with van der Waals surface area (Å²) in [6, 6.07) is 7.18. The number of H-pyrrole nitrogens is 1. The summed E-state index contributed by atoms with van der Waals surface area (Å²) in [5.41, 5.74) is 4.00. The number of nitrogens with two attached hydrogens (primary N) is 1. The van der Waals surface area contributed by atoms with Crippen molar-refractivity contribution in [1.82, 2.24) is 10.2 Å². The van der Waals surface area contributed by atoms with Crippen molar-refractivity contribution in [2.24, 2.45) is 5.73 Å². The number of carbonyl (C=O) groups is 2. The van der Waals surface area contributed by atoms with Crippen LogP contribution in [0.4, 0.5) is 0 Å². The molecule has 7 heteroatoms. The highest BCUT2D eigenvalue weighted by Crippen LogP contribution is 2.22. The number of benzene rings is 1. The van der Waals surface area contributed by atoms with Gasteiger partial charge < -0.3 is 15.6 Å². The number of fused-ring (bicyclic) bond motifs is 1. The normalized spacial score (nSPS) is 14.5. The Kier molecular flexibility index (Phi) is 3.93. The molecule has 1 aromatic heterocycles. The van der Waals surface area contributed by atoms with E-state index < -0.39 is 23.1 Å². The minimum Gasteiger partial charge on any atom is -0.479 e. The largest absolute Gasteiger partial charge is 0.479 e. The Morgan fingerprint density at radius 1 is 1.32 bits per heavy atom. The number of nitrogens with one attached hydrogen (secondary N) is 1. The van der Waals surface area contributed by atoms with Crippen LogP contribution in [0.2, 0.25) is 0 Å². The average Bonchev–Trinajstić information content (AvgIpc) is 2.80. The van der Waals surface area contributed by atoms with Crippen LogP contribution < -0.4 is 5.73 Å². The van der Waals surface area contributed by atoms with Crippen LogP contribution >= 0.6 is 0 Å². The number of aromatic amines is 1. The van der Waals surface area contributed by atoms with Crippen molar-refractivity contribution in [3.63, 3.8) is 0 Å². The van der Waals surface area contributed by atoms with E-state index in [0.717, 1.165) is 5.39 Å². The topological polar surface area (TPSA) is 118 Å². The van der Waals surface area contributed by atoms with Gasteiger partial charge in [0.1, 0.15) is 5.60 Å². The van der Waals surface area contributed by atoms with Gasteiger partial charge in [-0.3, -0.25) is 5.10 Å². The lowest BCUT2D eigenvalue weighted by atomic mass is 9.93. The molecule has 0 radical (unpaired) electrons. The van der Waals surface area contributed by atoms with Gasteiger partial charge in [0, 0.05) is 17.5 Å². The maximum absolute atomic E-state index is 12.2. The maximum atomic E-state index is 12.2. The number of carboxylic acids is 1. The molecule has 0 aliphatic heterocycles. The highest BCUT2D eigenvalue weighted by atomic mass is 16.6. The number of aromatic nitrogens is 2. The molecule has 0 amide bonds. The predicted molar refractivity (Wildman–Crippen MR) is 80.2 cm³/mol. The minimum atomic E-state index is -2.18. The number of carbonyl (C=O) groups excluding carboxylic acids is 1. The van der Waals surface area contributed by atoms with E-state index in [1.807, 2.05) is 6.07 Å². The molecule has 1 atom stereocenters. The molecule has 0 spiro atoms. The zero-order valence-electron chi connectivity index (χ0n) is 12.7. The fourth-order valence-corrected chi connectivity index (χ4v) is 2.03. The number of para-hydroxylation sites is 1. The molecule has 0 saturated heterocycles. The van der Waals surface area contributed by atoms with Crippen molar-refractivity contribution in [1.29, 1.82) is 0 Å². The van der Waals surface area contributed by atoms with Crippen LogP contribution in [0.5, 0.6) is 0 Å². The van der Waals surface area contributed by atoms with Crippen molar-refractivity contribution < 1.29 is 19.4 Å². The van der Waals surface area contributed by atoms with Crippen molar-refractivity contribution in [2.45, 2.75) is 38.3 Å². The van der Waals surface area contributed by atoms with Gasteiger partial charge in [-0.25, -0.2) is 9.59 Å². The smallest absolute Gasteiger partial charge is 0.338 e. The minimum absolute atomic E-state index is 0.238. The first-order valence-electron chi connectivity index (χ1n) is 6.81. The SMILES string of the molecule is CC(C)(C)OC(=O)C(N)(Cc1[nH]nc2ccccc12)C(=O)O. The number of rotatable bonds is 4. The average molecular weight is 305 g/mol. The van der Waals surface area contributed by atoms with E-state index in [4.69, 9.17) is 10.5 Å². The Morgan fingerprint density at radius 2 is 1.95 bits per heavy atom. The Morgan fingerprint density at radius 3 is 2.55 bits per heavy atom. The van der Waals surface area contributed by atoms with Crippen molar-refractivity contribution in [2.75, 3.05) is 0 Å². The molecule has 1 unspecified atom stereocenters. The van der Waals surface area contributed by atoms with Crippen LogP contribution in [-0.4, -0.2) is 38.4 Å². The first-order valence-corrected chi connectivity index (χ1v) is 6.81. The summed E-state index contributed by atoms with van der Waals surface area (Å²) in [4.78, 5) is 23.8. The van der Waals surface area contributed by atoms with Crippen molar-refractivity contribution >= 4 is 22.8 Å². The van der Waals surface area contributed by atoms with Crippen molar-refractivity contribution in [3.8, 4) is 0 Å². The molecular formula is C15H19N3O4. The van der Waals surface area contributed by atoms with Gasteiger partial charge in [0.05, 0.1) is 5.52 Å². The Bertz CT molecular complexity index is 717. The molecule has 7 nitrogen and oxygen atoms in total. The number of esters is 1. The zero-order valence-corrected chi connectivity index (χ0v) is 12.7. The van der Waals surface area contributed by atoms with Crippen LogP contribution in [-0.2, 0) is 20.7 Å². The second kappa shape index (κ2) is 5.42. The molecule has 1 aromatic carbocycles. The Hall–Kier alpha value is -2.41. The van der Waals surface area contributed by atoms with Crippen LogP contribution in [0.3, 0.4) is 0 Å². The van der Waals surface area contributed by atoms with E-state index in [1.54, 1.807) is 39.0 Å². The lowest BCUT2D eigenvalue weighted by Crippen LogP contribution is -2.58. The predicted octanol–water partition coefficient (Wildman–Crippen LogP) is 1.23. The number of ether oxygens (including phenoxy) is 1. The summed E-state index contributed by atoms with van der Waals surface area (Å²) in [5, 5.41) is 16.9. The third kappa shape index (κ3) is 3.09. The second-order valence-corrected chi connectivity index (χ2v) is 6.17. The molecule has 0 aliphatic rings. The summed E-state index contributed by atoms with van der Waals surface area (Å²) in [7, 11) is 0. The van der Waals surface area contributed by atoms with Gasteiger partial charge in [-0.15, -0.1) is 0 Å². The Balaban J connectivity index is 2.36. The van der Waals surface area contributed by atoms with E-state index in [9.17, 15) is 14.7 Å². The highest BCUT2D eigenvalue weighted by Gasteiger charge is 2.46. The van der Waals surface area contributed by atoms with Gasteiger partial charge in [0.2, 0.25) is 5.54 Å². The summed E-state index contributed by atoms with van der Waals surface area (Å²) in [6.07, 6.45) is -0.238. The van der Waals surface area contributed by atoms with E-state index >= 15 is 0 Å². The molecule has 0 saturated carbocycles. The standard InChI is InChI=1S/C15H19N3O4/c1-14(2,3)22-13(21)15(16,12(19)20)8-11-9-6-4-5-7-10(9)17-18-11/h4-7H,8,16H2,1-3H3,(H,17,18)(H,19,20). The van der Waals surface area contributed by atoms with Gasteiger partial charge >= 0.3 is 11.9 Å². The zero-order chi connectivity index (χ0) is 16.5. The molecule has 2 aromatic rings. The molecular weight excluding hydrogens is 286 g/mol. The van der Waals surface area contributed by atoms with Gasteiger partial charge in [0.25, 0.3) is 0 Å². The van der Waals surface area contributed by atoms with Gasteiger partial charge in [-0.05, 0) is 26.8 Å². The quantitative estimate of drug-likeness (QED) is 0.577. The molecule has 0 bridgehead atoms. The van der Waals surface area contributed by atoms with Crippen LogP contribution in [0, 0.1) is 0 Å². The van der Waals surface area contributed by atoms with Crippen LogP contribution in [0.25, 0.3) is 10.9 Å². The molecule has 1 heterocycles. The second-order valence-electron chi connectivity index (χ2n) is 6.17. The molecule has 22 heavy (non-hydrogen) atoms. The third-order valence-corrected chi connectivity index (χ3v) is 3.14.